The van der Waals surface area contributed by atoms with E-state index in [2.05, 4.69) is 29.5 Å². The summed E-state index contributed by atoms with van der Waals surface area (Å²) in [6.07, 6.45) is 7.85. The third-order valence-corrected chi connectivity index (χ3v) is 2.89. The molecule has 1 rings (SSSR count). The standard InChI is InChI=1S/C15H25N3O/c1-3-5-7-11-16-14-10-9-13(12-17-14)18-15(19)8-6-4-2/h9-10,12H,3-8,11H2,1-2H3,(H,16,17)(H,18,19). The van der Waals surface area contributed by atoms with E-state index in [-0.39, 0.29) is 5.91 Å². The monoisotopic (exact) mass is 263 g/mol. The molecule has 4 nitrogen and oxygen atoms in total. The summed E-state index contributed by atoms with van der Waals surface area (Å²) < 4.78 is 0. The molecule has 0 bridgehead atoms. The van der Waals surface area contributed by atoms with Gasteiger partial charge in [0.05, 0.1) is 11.9 Å². The summed E-state index contributed by atoms with van der Waals surface area (Å²) in [6, 6.07) is 3.79. The van der Waals surface area contributed by atoms with Crippen molar-refractivity contribution in [2.45, 2.75) is 52.4 Å². The van der Waals surface area contributed by atoms with Gasteiger partial charge in [-0.15, -0.1) is 0 Å². The van der Waals surface area contributed by atoms with Gasteiger partial charge in [-0.3, -0.25) is 4.79 Å². The first-order valence-corrected chi connectivity index (χ1v) is 7.26. The number of hydrogen-bond donors (Lipinski definition) is 2. The average Bonchev–Trinajstić information content (AvgIpc) is 2.43. The van der Waals surface area contributed by atoms with Crippen molar-refractivity contribution in [3.63, 3.8) is 0 Å². The maximum Gasteiger partial charge on any atom is 0.224 e. The smallest absolute Gasteiger partial charge is 0.224 e. The van der Waals surface area contributed by atoms with Gasteiger partial charge in [-0.05, 0) is 25.0 Å². The number of hydrogen-bond acceptors (Lipinski definition) is 3. The summed E-state index contributed by atoms with van der Waals surface area (Å²) in [4.78, 5) is 15.8. The molecule has 1 heterocycles. The van der Waals surface area contributed by atoms with Crippen molar-refractivity contribution in [1.82, 2.24) is 4.98 Å². The molecule has 19 heavy (non-hydrogen) atoms. The fraction of sp³-hybridized carbons (Fsp3) is 0.600. The predicted molar refractivity (Wildman–Crippen MR) is 80.4 cm³/mol. The third kappa shape index (κ3) is 6.79. The van der Waals surface area contributed by atoms with Gasteiger partial charge in [0.25, 0.3) is 0 Å². The molecule has 0 aliphatic rings. The molecule has 4 heteroatoms. The van der Waals surface area contributed by atoms with E-state index in [1.54, 1.807) is 6.20 Å². The van der Waals surface area contributed by atoms with Crippen molar-refractivity contribution in [2.24, 2.45) is 0 Å². The quantitative estimate of drug-likeness (QED) is 0.666. The second-order valence-electron chi connectivity index (χ2n) is 4.72. The molecule has 0 atom stereocenters. The Balaban J connectivity index is 2.32. The maximum absolute atomic E-state index is 11.5. The van der Waals surface area contributed by atoms with Crippen LogP contribution >= 0.6 is 0 Å². The van der Waals surface area contributed by atoms with Gasteiger partial charge in [0.15, 0.2) is 0 Å². The fourth-order valence-electron chi connectivity index (χ4n) is 1.72. The summed E-state index contributed by atoms with van der Waals surface area (Å²) in [5, 5.41) is 6.12. The highest BCUT2D eigenvalue weighted by Crippen LogP contribution is 2.10. The van der Waals surface area contributed by atoms with Gasteiger partial charge in [-0.25, -0.2) is 4.98 Å². The van der Waals surface area contributed by atoms with Gasteiger partial charge in [0.2, 0.25) is 5.91 Å². The Morgan fingerprint density at radius 2 is 1.95 bits per heavy atom. The highest BCUT2D eigenvalue weighted by atomic mass is 16.1. The number of nitrogens with one attached hydrogen (secondary N) is 2. The summed E-state index contributed by atoms with van der Waals surface area (Å²) in [5.41, 5.74) is 0.764. The van der Waals surface area contributed by atoms with Gasteiger partial charge in [0.1, 0.15) is 5.82 Å². The van der Waals surface area contributed by atoms with Crippen LogP contribution in [0, 0.1) is 0 Å². The van der Waals surface area contributed by atoms with E-state index in [4.69, 9.17) is 0 Å². The molecule has 0 saturated carbocycles. The summed E-state index contributed by atoms with van der Waals surface area (Å²) in [6.45, 7) is 5.21. The number of carbonyl (C=O) groups excluding carboxylic acids is 1. The van der Waals surface area contributed by atoms with Gasteiger partial charge >= 0.3 is 0 Å². The SMILES string of the molecule is CCCCCNc1ccc(NC(=O)CCCC)cn1. The lowest BCUT2D eigenvalue weighted by Gasteiger charge is -2.07. The Labute approximate surface area is 116 Å². The van der Waals surface area contributed by atoms with Crippen LogP contribution < -0.4 is 10.6 Å². The van der Waals surface area contributed by atoms with Crippen molar-refractivity contribution in [2.75, 3.05) is 17.2 Å². The van der Waals surface area contributed by atoms with Gasteiger partial charge in [0, 0.05) is 13.0 Å². The minimum Gasteiger partial charge on any atom is -0.370 e. The topological polar surface area (TPSA) is 54.0 Å². The van der Waals surface area contributed by atoms with Crippen LogP contribution in [-0.4, -0.2) is 17.4 Å². The van der Waals surface area contributed by atoms with Crippen LogP contribution in [0.4, 0.5) is 11.5 Å². The van der Waals surface area contributed by atoms with Crippen LogP contribution in [0.1, 0.15) is 52.4 Å². The van der Waals surface area contributed by atoms with E-state index in [0.717, 1.165) is 37.3 Å². The molecule has 0 fully saturated rings. The lowest BCUT2D eigenvalue weighted by atomic mass is 10.2. The first-order valence-electron chi connectivity index (χ1n) is 7.26. The zero-order chi connectivity index (χ0) is 13.9. The van der Waals surface area contributed by atoms with Crippen molar-refractivity contribution < 1.29 is 4.79 Å². The number of carbonyl (C=O) groups is 1. The van der Waals surface area contributed by atoms with E-state index in [1.807, 2.05) is 12.1 Å². The average molecular weight is 263 g/mol. The largest absolute Gasteiger partial charge is 0.370 e. The Bertz CT molecular complexity index is 362. The molecule has 0 unspecified atom stereocenters. The number of amides is 1. The number of pyridine rings is 1. The van der Waals surface area contributed by atoms with Crippen LogP contribution in [0.5, 0.6) is 0 Å². The van der Waals surface area contributed by atoms with Crippen LogP contribution in [-0.2, 0) is 4.79 Å². The highest BCUT2D eigenvalue weighted by Gasteiger charge is 2.02. The van der Waals surface area contributed by atoms with Crippen LogP contribution in [0.25, 0.3) is 0 Å². The highest BCUT2D eigenvalue weighted by molar-refractivity contribution is 5.90. The number of nitrogens with zero attached hydrogens (tertiary/aromatic N) is 1. The summed E-state index contributed by atoms with van der Waals surface area (Å²) >= 11 is 0. The van der Waals surface area contributed by atoms with Gasteiger partial charge in [-0.1, -0.05) is 33.1 Å². The lowest BCUT2D eigenvalue weighted by molar-refractivity contribution is -0.116. The van der Waals surface area contributed by atoms with E-state index in [9.17, 15) is 4.79 Å². The molecule has 0 aliphatic heterocycles. The molecule has 1 amide bonds. The predicted octanol–water partition coefficient (Wildman–Crippen LogP) is 3.81. The summed E-state index contributed by atoms with van der Waals surface area (Å²) in [7, 11) is 0. The Morgan fingerprint density at radius 1 is 1.16 bits per heavy atom. The van der Waals surface area contributed by atoms with Crippen molar-refractivity contribution >= 4 is 17.4 Å². The molecule has 1 aromatic heterocycles. The molecular weight excluding hydrogens is 238 g/mol. The number of anilines is 2. The molecular formula is C15H25N3O. The molecule has 1 aromatic rings. The second kappa shape index (κ2) is 9.36. The van der Waals surface area contributed by atoms with E-state index >= 15 is 0 Å². The molecule has 0 aliphatic carbocycles. The fourth-order valence-corrected chi connectivity index (χ4v) is 1.72. The van der Waals surface area contributed by atoms with E-state index < -0.39 is 0 Å². The molecule has 2 N–H and O–H groups in total. The van der Waals surface area contributed by atoms with Crippen molar-refractivity contribution in [1.29, 1.82) is 0 Å². The first-order chi connectivity index (χ1) is 9.26. The van der Waals surface area contributed by atoms with Crippen LogP contribution in [0.15, 0.2) is 18.3 Å². The van der Waals surface area contributed by atoms with E-state index in [1.165, 1.54) is 12.8 Å². The maximum atomic E-state index is 11.5. The Hall–Kier alpha value is -1.58. The molecule has 106 valence electrons. The number of rotatable bonds is 9. The molecule has 0 spiro atoms. The molecule has 0 radical (unpaired) electrons. The van der Waals surface area contributed by atoms with Crippen molar-refractivity contribution in [3.05, 3.63) is 18.3 Å². The molecule has 0 aromatic carbocycles. The van der Waals surface area contributed by atoms with Crippen LogP contribution in [0.3, 0.4) is 0 Å². The Morgan fingerprint density at radius 3 is 2.58 bits per heavy atom. The Kier molecular flexibility index (Phi) is 7.63. The molecule has 0 saturated heterocycles. The lowest BCUT2D eigenvalue weighted by Crippen LogP contribution is -2.11. The number of unbranched alkanes of at least 4 members (excludes halogenated alkanes) is 3. The first kappa shape index (κ1) is 15.5. The minimum atomic E-state index is 0.0623. The minimum absolute atomic E-state index is 0.0623. The van der Waals surface area contributed by atoms with Gasteiger partial charge < -0.3 is 10.6 Å². The zero-order valence-electron chi connectivity index (χ0n) is 12.0. The van der Waals surface area contributed by atoms with Crippen LogP contribution in [0.2, 0.25) is 0 Å². The zero-order valence-corrected chi connectivity index (χ0v) is 12.0. The normalized spacial score (nSPS) is 10.2. The van der Waals surface area contributed by atoms with Gasteiger partial charge in [-0.2, -0.15) is 0 Å². The van der Waals surface area contributed by atoms with E-state index in [0.29, 0.717) is 6.42 Å². The third-order valence-electron chi connectivity index (χ3n) is 2.89. The van der Waals surface area contributed by atoms with Crippen molar-refractivity contribution in [3.8, 4) is 0 Å². The number of aromatic nitrogens is 1. The second-order valence-corrected chi connectivity index (χ2v) is 4.72. The summed E-state index contributed by atoms with van der Waals surface area (Å²) in [5.74, 6) is 0.926.